The normalized spacial score (nSPS) is 11.5. The monoisotopic (exact) mass is 287 g/mol. The van der Waals surface area contributed by atoms with E-state index >= 15 is 0 Å². The number of hydrogen-bond acceptors (Lipinski definition) is 2. The molecule has 0 unspecified atom stereocenters. The average Bonchev–Trinajstić information content (AvgIpc) is 2.78. The summed E-state index contributed by atoms with van der Waals surface area (Å²) in [5.41, 5.74) is 8.18. The molecule has 0 atom stereocenters. The fraction of sp³-hybridized carbons (Fsp3) is 0.471. The SMILES string of the molecule is CC(C)CN(CC(C)C)C(=O)c1c[nH]c2ccc(N)cc12. The van der Waals surface area contributed by atoms with Crippen molar-refractivity contribution < 1.29 is 4.79 Å². The third-order valence-corrected chi connectivity index (χ3v) is 3.39. The van der Waals surface area contributed by atoms with Gasteiger partial charge in [0.05, 0.1) is 5.56 Å². The van der Waals surface area contributed by atoms with Crippen molar-refractivity contribution in [1.29, 1.82) is 0 Å². The van der Waals surface area contributed by atoms with Crippen molar-refractivity contribution in [2.75, 3.05) is 18.8 Å². The largest absolute Gasteiger partial charge is 0.399 e. The fourth-order valence-electron chi connectivity index (χ4n) is 2.61. The molecule has 0 aliphatic rings. The van der Waals surface area contributed by atoms with Crippen LogP contribution in [0.1, 0.15) is 38.1 Å². The number of amides is 1. The van der Waals surface area contributed by atoms with E-state index in [9.17, 15) is 4.79 Å². The van der Waals surface area contributed by atoms with Crippen LogP contribution in [0.2, 0.25) is 0 Å². The molecule has 0 saturated carbocycles. The number of aromatic nitrogens is 1. The predicted octanol–water partition coefficient (Wildman–Crippen LogP) is 3.50. The van der Waals surface area contributed by atoms with Crippen LogP contribution in [0.5, 0.6) is 0 Å². The Morgan fingerprint density at radius 1 is 1.19 bits per heavy atom. The van der Waals surface area contributed by atoms with Gasteiger partial charge in [0, 0.05) is 35.9 Å². The van der Waals surface area contributed by atoms with Crippen LogP contribution in [-0.4, -0.2) is 28.9 Å². The number of anilines is 1. The molecule has 114 valence electrons. The molecular formula is C17H25N3O. The molecule has 4 nitrogen and oxygen atoms in total. The summed E-state index contributed by atoms with van der Waals surface area (Å²) in [5, 5.41) is 0.900. The van der Waals surface area contributed by atoms with Crippen molar-refractivity contribution >= 4 is 22.5 Å². The van der Waals surface area contributed by atoms with Gasteiger partial charge >= 0.3 is 0 Å². The Kier molecular flexibility index (Phi) is 4.56. The number of nitrogens with zero attached hydrogens (tertiary/aromatic N) is 1. The molecule has 0 aliphatic carbocycles. The molecule has 1 amide bonds. The van der Waals surface area contributed by atoms with E-state index in [2.05, 4.69) is 32.7 Å². The summed E-state index contributed by atoms with van der Waals surface area (Å²) in [6.45, 7) is 10.1. The van der Waals surface area contributed by atoms with E-state index in [4.69, 9.17) is 5.73 Å². The Hall–Kier alpha value is -1.97. The van der Waals surface area contributed by atoms with E-state index in [0.717, 1.165) is 24.0 Å². The molecule has 2 rings (SSSR count). The van der Waals surface area contributed by atoms with Crippen molar-refractivity contribution in [2.45, 2.75) is 27.7 Å². The number of carbonyl (C=O) groups excluding carboxylic acids is 1. The molecule has 0 fully saturated rings. The lowest BCUT2D eigenvalue weighted by Gasteiger charge is -2.26. The van der Waals surface area contributed by atoms with E-state index in [1.807, 2.05) is 23.1 Å². The maximum Gasteiger partial charge on any atom is 0.256 e. The summed E-state index contributed by atoms with van der Waals surface area (Å²) in [4.78, 5) is 18.0. The summed E-state index contributed by atoms with van der Waals surface area (Å²) >= 11 is 0. The summed E-state index contributed by atoms with van der Waals surface area (Å²) < 4.78 is 0. The van der Waals surface area contributed by atoms with E-state index in [1.54, 1.807) is 6.20 Å². The van der Waals surface area contributed by atoms with Crippen molar-refractivity contribution in [3.8, 4) is 0 Å². The van der Waals surface area contributed by atoms with Gasteiger partial charge in [0.1, 0.15) is 0 Å². The van der Waals surface area contributed by atoms with Crippen LogP contribution in [0.3, 0.4) is 0 Å². The van der Waals surface area contributed by atoms with E-state index in [1.165, 1.54) is 0 Å². The van der Waals surface area contributed by atoms with Gasteiger partial charge in [-0.15, -0.1) is 0 Å². The maximum atomic E-state index is 12.9. The van der Waals surface area contributed by atoms with Crippen LogP contribution >= 0.6 is 0 Å². The lowest BCUT2D eigenvalue weighted by atomic mass is 10.1. The van der Waals surface area contributed by atoms with Crippen LogP contribution in [0.25, 0.3) is 10.9 Å². The number of H-pyrrole nitrogens is 1. The molecule has 3 N–H and O–H groups in total. The third kappa shape index (κ3) is 3.57. The third-order valence-electron chi connectivity index (χ3n) is 3.39. The van der Waals surface area contributed by atoms with Crippen LogP contribution in [0, 0.1) is 11.8 Å². The van der Waals surface area contributed by atoms with Crippen LogP contribution in [-0.2, 0) is 0 Å². The quantitative estimate of drug-likeness (QED) is 0.827. The molecule has 4 heteroatoms. The molecule has 1 aromatic heterocycles. The van der Waals surface area contributed by atoms with Gasteiger partial charge in [-0.1, -0.05) is 27.7 Å². The van der Waals surface area contributed by atoms with Crippen molar-refractivity contribution in [1.82, 2.24) is 9.88 Å². The fourth-order valence-corrected chi connectivity index (χ4v) is 2.61. The first kappa shape index (κ1) is 15.4. The number of nitrogens with two attached hydrogens (primary N) is 1. The number of rotatable bonds is 5. The van der Waals surface area contributed by atoms with Gasteiger partial charge in [0.2, 0.25) is 0 Å². The van der Waals surface area contributed by atoms with Crippen molar-refractivity contribution in [3.05, 3.63) is 30.0 Å². The van der Waals surface area contributed by atoms with E-state index in [-0.39, 0.29) is 5.91 Å². The second-order valence-corrected chi connectivity index (χ2v) is 6.51. The Bertz CT molecular complexity index is 618. The van der Waals surface area contributed by atoms with E-state index in [0.29, 0.717) is 23.1 Å². The Morgan fingerprint density at radius 3 is 2.38 bits per heavy atom. The highest BCUT2D eigenvalue weighted by molar-refractivity contribution is 6.07. The summed E-state index contributed by atoms with van der Waals surface area (Å²) in [6, 6.07) is 5.62. The highest BCUT2D eigenvalue weighted by Gasteiger charge is 2.20. The van der Waals surface area contributed by atoms with Gasteiger partial charge in [-0.05, 0) is 30.0 Å². The number of carbonyl (C=O) groups is 1. The molecule has 0 spiro atoms. The van der Waals surface area contributed by atoms with Gasteiger partial charge in [0.15, 0.2) is 0 Å². The summed E-state index contributed by atoms with van der Waals surface area (Å²) in [6.07, 6.45) is 1.79. The minimum Gasteiger partial charge on any atom is -0.399 e. The molecule has 0 aliphatic heterocycles. The number of fused-ring (bicyclic) bond motifs is 1. The molecule has 2 aromatic rings. The molecule has 21 heavy (non-hydrogen) atoms. The first-order valence-corrected chi connectivity index (χ1v) is 7.54. The first-order valence-electron chi connectivity index (χ1n) is 7.54. The van der Waals surface area contributed by atoms with Crippen LogP contribution < -0.4 is 5.73 Å². The van der Waals surface area contributed by atoms with Crippen LogP contribution in [0.15, 0.2) is 24.4 Å². The van der Waals surface area contributed by atoms with Crippen LogP contribution in [0.4, 0.5) is 5.69 Å². The Balaban J connectivity index is 2.35. The topological polar surface area (TPSA) is 62.1 Å². The van der Waals surface area contributed by atoms with Crippen molar-refractivity contribution in [2.24, 2.45) is 11.8 Å². The standard InChI is InChI=1S/C17H25N3O/c1-11(2)9-20(10-12(3)4)17(21)15-8-19-16-6-5-13(18)7-14(15)16/h5-8,11-12,19H,9-10,18H2,1-4H3. The number of nitrogens with one attached hydrogen (secondary N) is 1. The molecule has 1 heterocycles. The lowest BCUT2D eigenvalue weighted by Crippen LogP contribution is -2.36. The van der Waals surface area contributed by atoms with Crippen molar-refractivity contribution in [3.63, 3.8) is 0 Å². The van der Waals surface area contributed by atoms with Gasteiger partial charge in [0.25, 0.3) is 5.91 Å². The lowest BCUT2D eigenvalue weighted by molar-refractivity contribution is 0.0717. The number of aromatic amines is 1. The van der Waals surface area contributed by atoms with Gasteiger partial charge in [-0.2, -0.15) is 0 Å². The van der Waals surface area contributed by atoms with Gasteiger partial charge < -0.3 is 15.6 Å². The second-order valence-electron chi connectivity index (χ2n) is 6.51. The predicted molar refractivity (Wildman–Crippen MR) is 88.3 cm³/mol. The molecule has 1 aromatic carbocycles. The Labute approximate surface area is 126 Å². The van der Waals surface area contributed by atoms with E-state index < -0.39 is 0 Å². The molecule has 0 saturated heterocycles. The van der Waals surface area contributed by atoms with Gasteiger partial charge in [-0.25, -0.2) is 0 Å². The minimum atomic E-state index is 0.0780. The number of hydrogen-bond donors (Lipinski definition) is 2. The summed E-state index contributed by atoms with van der Waals surface area (Å²) in [5.74, 6) is 0.972. The molecule has 0 radical (unpaired) electrons. The number of benzene rings is 1. The average molecular weight is 287 g/mol. The second kappa shape index (κ2) is 6.20. The highest BCUT2D eigenvalue weighted by atomic mass is 16.2. The highest BCUT2D eigenvalue weighted by Crippen LogP contribution is 2.23. The number of nitrogen functional groups attached to an aromatic ring is 1. The zero-order valence-corrected chi connectivity index (χ0v) is 13.3. The maximum absolute atomic E-state index is 12.9. The minimum absolute atomic E-state index is 0.0780. The zero-order valence-electron chi connectivity index (χ0n) is 13.3. The smallest absolute Gasteiger partial charge is 0.256 e. The molecule has 0 bridgehead atoms. The Morgan fingerprint density at radius 2 is 1.81 bits per heavy atom. The first-order chi connectivity index (χ1) is 9.88. The zero-order chi connectivity index (χ0) is 15.6. The molecular weight excluding hydrogens is 262 g/mol. The summed E-state index contributed by atoms with van der Waals surface area (Å²) in [7, 11) is 0. The van der Waals surface area contributed by atoms with Gasteiger partial charge in [-0.3, -0.25) is 4.79 Å².